The van der Waals surface area contributed by atoms with Crippen molar-refractivity contribution < 1.29 is 19.4 Å². The summed E-state index contributed by atoms with van der Waals surface area (Å²) in [6, 6.07) is 0. The maximum Gasteiger partial charge on any atom is 0.410 e. The van der Waals surface area contributed by atoms with Gasteiger partial charge < -0.3 is 19.5 Å². The highest BCUT2D eigenvalue weighted by molar-refractivity contribution is 5.68. The molecule has 124 valence electrons. The predicted molar refractivity (Wildman–Crippen MR) is 80.6 cm³/mol. The number of aromatic nitrogens is 2. The van der Waals surface area contributed by atoms with Crippen LogP contribution in [0.1, 0.15) is 39.0 Å². The molecule has 2 rings (SSSR count). The Kier molecular flexibility index (Phi) is 4.65. The molecule has 22 heavy (non-hydrogen) atoms. The average molecular weight is 311 g/mol. The molecule has 1 aliphatic heterocycles. The smallest absolute Gasteiger partial charge is 0.410 e. The lowest BCUT2D eigenvalue weighted by molar-refractivity contribution is 0.0265. The number of rotatable bonds is 3. The number of methoxy groups -OCH3 is 1. The summed E-state index contributed by atoms with van der Waals surface area (Å²) in [5.41, 5.74) is 0.123. The first-order valence-electron chi connectivity index (χ1n) is 7.45. The Balaban J connectivity index is 2.03. The van der Waals surface area contributed by atoms with Gasteiger partial charge in [0, 0.05) is 26.1 Å². The van der Waals surface area contributed by atoms with Crippen LogP contribution in [0.2, 0.25) is 0 Å². The normalized spacial score (nSPS) is 20.1. The molecule has 2 unspecified atom stereocenters. The van der Waals surface area contributed by atoms with E-state index >= 15 is 0 Å². The first kappa shape index (κ1) is 16.6. The zero-order valence-corrected chi connectivity index (χ0v) is 13.9. The summed E-state index contributed by atoms with van der Waals surface area (Å²) >= 11 is 0. The van der Waals surface area contributed by atoms with Gasteiger partial charge in [-0.15, -0.1) is 0 Å². The number of likely N-dealkylation sites (tertiary alicyclic amines) is 1. The third-order valence-electron chi connectivity index (χ3n) is 3.77. The highest BCUT2D eigenvalue weighted by Gasteiger charge is 2.36. The molecule has 1 aromatic heterocycles. The third-order valence-corrected chi connectivity index (χ3v) is 3.77. The van der Waals surface area contributed by atoms with Gasteiger partial charge in [-0.3, -0.25) is 4.68 Å². The summed E-state index contributed by atoms with van der Waals surface area (Å²) in [5, 5.41) is 14.7. The predicted octanol–water partition coefficient (Wildman–Crippen LogP) is 1.72. The van der Waals surface area contributed by atoms with Crippen LogP contribution in [0.4, 0.5) is 4.79 Å². The van der Waals surface area contributed by atoms with E-state index in [2.05, 4.69) is 5.10 Å². The second-order valence-corrected chi connectivity index (χ2v) is 6.64. The molecule has 1 amide bonds. The highest BCUT2D eigenvalue weighted by atomic mass is 16.6. The first-order chi connectivity index (χ1) is 10.2. The third kappa shape index (κ3) is 3.52. The lowest BCUT2D eigenvalue weighted by Crippen LogP contribution is -2.35. The van der Waals surface area contributed by atoms with Crippen molar-refractivity contribution >= 4 is 6.09 Å². The zero-order valence-electron chi connectivity index (χ0n) is 13.9. The fraction of sp³-hybridized carbons (Fsp3) is 0.733. The molecular formula is C15H25N3O4. The van der Waals surface area contributed by atoms with Gasteiger partial charge in [-0.05, 0) is 27.2 Å². The number of carbonyl (C=O) groups is 1. The van der Waals surface area contributed by atoms with Gasteiger partial charge in [0.15, 0.2) is 5.75 Å². The minimum atomic E-state index is -0.727. The molecule has 1 fully saturated rings. The van der Waals surface area contributed by atoms with E-state index in [1.54, 1.807) is 29.9 Å². The van der Waals surface area contributed by atoms with Crippen LogP contribution >= 0.6 is 0 Å². The van der Waals surface area contributed by atoms with Crippen molar-refractivity contribution in [3.8, 4) is 5.75 Å². The minimum absolute atomic E-state index is 0.0585. The number of ether oxygens (including phenoxy) is 2. The van der Waals surface area contributed by atoms with Crippen LogP contribution in [0.3, 0.4) is 0 Å². The van der Waals surface area contributed by atoms with Gasteiger partial charge in [0.2, 0.25) is 0 Å². The molecular weight excluding hydrogens is 286 g/mol. The molecule has 0 bridgehead atoms. The van der Waals surface area contributed by atoms with Crippen molar-refractivity contribution in [3.63, 3.8) is 0 Å². The van der Waals surface area contributed by atoms with Crippen molar-refractivity contribution in [1.29, 1.82) is 0 Å². The summed E-state index contributed by atoms with van der Waals surface area (Å²) in [6.07, 6.45) is 1.24. The van der Waals surface area contributed by atoms with Gasteiger partial charge in [-0.1, -0.05) is 0 Å². The second kappa shape index (κ2) is 6.16. The minimum Gasteiger partial charge on any atom is -0.493 e. The Labute approximate surface area is 130 Å². The lowest BCUT2D eigenvalue weighted by Gasteiger charge is -2.25. The number of amides is 1. The Bertz CT molecular complexity index is 535. The Hall–Kier alpha value is -1.76. The summed E-state index contributed by atoms with van der Waals surface area (Å²) in [6.45, 7) is 6.57. The van der Waals surface area contributed by atoms with Crippen molar-refractivity contribution in [2.24, 2.45) is 13.0 Å². The molecule has 0 radical (unpaired) electrons. The van der Waals surface area contributed by atoms with Crippen LogP contribution in [-0.4, -0.2) is 51.7 Å². The van der Waals surface area contributed by atoms with E-state index in [0.717, 1.165) is 6.42 Å². The van der Waals surface area contributed by atoms with Crippen molar-refractivity contribution in [2.75, 3.05) is 20.2 Å². The Morgan fingerprint density at radius 3 is 2.77 bits per heavy atom. The summed E-state index contributed by atoms with van der Waals surface area (Å²) in [7, 11) is 3.32. The quantitative estimate of drug-likeness (QED) is 0.919. The van der Waals surface area contributed by atoms with Crippen LogP contribution < -0.4 is 4.74 Å². The van der Waals surface area contributed by atoms with E-state index in [9.17, 15) is 9.90 Å². The molecule has 7 nitrogen and oxygen atoms in total. The van der Waals surface area contributed by atoms with E-state index in [1.165, 1.54) is 0 Å². The molecule has 0 aliphatic carbocycles. The number of carbonyl (C=O) groups excluding carboxylic acids is 1. The molecule has 1 saturated heterocycles. The summed E-state index contributed by atoms with van der Waals surface area (Å²) < 4.78 is 12.2. The molecule has 1 N–H and O–H groups in total. The number of hydrogen-bond acceptors (Lipinski definition) is 5. The largest absolute Gasteiger partial charge is 0.493 e. The van der Waals surface area contributed by atoms with E-state index < -0.39 is 11.7 Å². The number of hydrogen-bond donors (Lipinski definition) is 1. The molecule has 1 aromatic rings. The lowest BCUT2D eigenvalue weighted by atomic mass is 9.98. The Morgan fingerprint density at radius 1 is 1.50 bits per heavy atom. The number of aryl methyl sites for hydroxylation is 1. The fourth-order valence-electron chi connectivity index (χ4n) is 2.68. The standard InChI is InChI=1S/C15H25N3O4/c1-15(2,3)22-14(20)18-7-6-10(9-18)13(19)12-11(21-5)8-16-17(12)4/h8,10,13,19H,6-7,9H2,1-5H3. The molecule has 0 spiro atoms. The Morgan fingerprint density at radius 2 is 2.18 bits per heavy atom. The van der Waals surface area contributed by atoms with E-state index in [0.29, 0.717) is 24.5 Å². The van der Waals surface area contributed by atoms with Gasteiger partial charge in [0.1, 0.15) is 17.4 Å². The van der Waals surface area contributed by atoms with Crippen LogP contribution in [0.25, 0.3) is 0 Å². The van der Waals surface area contributed by atoms with Crippen LogP contribution in [0, 0.1) is 5.92 Å². The van der Waals surface area contributed by atoms with E-state index in [1.807, 2.05) is 20.8 Å². The number of nitrogens with zero attached hydrogens (tertiary/aromatic N) is 3. The number of aliphatic hydroxyl groups excluding tert-OH is 1. The van der Waals surface area contributed by atoms with E-state index in [-0.39, 0.29) is 12.0 Å². The van der Waals surface area contributed by atoms with Crippen molar-refractivity contribution in [3.05, 3.63) is 11.9 Å². The zero-order chi connectivity index (χ0) is 16.5. The molecule has 2 heterocycles. The van der Waals surface area contributed by atoms with Crippen molar-refractivity contribution in [2.45, 2.75) is 38.9 Å². The van der Waals surface area contributed by atoms with Crippen LogP contribution in [0.5, 0.6) is 5.75 Å². The summed E-state index contributed by atoms with van der Waals surface area (Å²) in [5.74, 6) is 0.502. The monoisotopic (exact) mass is 311 g/mol. The van der Waals surface area contributed by atoms with Gasteiger partial charge in [0.25, 0.3) is 0 Å². The first-order valence-corrected chi connectivity index (χ1v) is 7.45. The van der Waals surface area contributed by atoms with Gasteiger partial charge in [0.05, 0.1) is 13.3 Å². The molecule has 1 aliphatic rings. The van der Waals surface area contributed by atoms with Crippen LogP contribution in [0.15, 0.2) is 6.20 Å². The molecule has 2 atom stereocenters. The van der Waals surface area contributed by atoms with Gasteiger partial charge in [-0.2, -0.15) is 5.10 Å². The highest BCUT2D eigenvalue weighted by Crippen LogP contribution is 2.34. The molecule has 7 heteroatoms. The van der Waals surface area contributed by atoms with Crippen LogP contribution in [-0.2, 0) is 11.8 Å². The average Bonchev–Trinajstić information content (AvgIpc) is 3.02. The SMILES string of the molecule is COc1cnn(C)c1C(O)C1CCN(C(=O)OC(C)(C)C)C1. The summed E-state index contributed by atoms with van der Waals surface area (Å²) in [4.78, 5) is 13.7. The molecule has 0 saturated carbocycles. The maximum absolute atomic E-state index is 12.1. The van der Waals surface area contributed by atoms with E-state index in [4.69, 9.17) is 9.47 Å². The number of aliphatic hydroxyl groups is 1. The molecule has 0 aromatic carbocycles. The second-order valence-electron chi connectivity index (χ2n) is 6.64. The van der Waals surface area contributed by atoms with Crippen molar-refractivity contribution in [1.82, 2.24) is 14.7 Å². The van der Waals surface area contributed by atoms with Gasteiger partial charge >= 0.3 is 6.09 Å². The van der Waals surface area contributed by atoms with Gasteiger partial charge in [-0.25, -0.2) is 4.79 Å². The maximum atomic E-state index is 12.1. The fourth-order valence-corrected chi connectivity index (χ4v) is 2.68. The topological polar surface area (TPSA) is 76.8 Å².